The van der Waals surface area contributed by atoms with Crippen molar-refractivity contribution < 1.29 is 0 Å². The summed E-state index contributed by atoms with van der Waals surface area (Å²) in [5.41, 5.74) is 0. The molecule has 0 aliphatic heterocycles. The van der Waals surface area contributed by atoms with Gasteiger partial charge in [-0.3, -0.25) is 0 Å². The van der Waals surface area contributed by atoms with Crippen LogP contribution in [0.2, 0.25) is 50.9 Å². The van der Waals surface area contributed by atoms with E-state index in [-0.39, 0.29) is 16.6 Å². The maximum Gasteiger partial charge on any atom is 0.0411 e. The first-order chi connectivity index (χ1) is 6.82. The van der Waals surface area contributed by atoms with E-state index in [0.717, 1.165) is 0 Å². The molecule has 0 saturated carbocycles. The second-order valence-electron chi connectivity index (χ2n) is 5.93. The van der Waals surface area contributed by atoms with Crippen molar-refractivity contribution in [2.75, 3.05) is 0 Å². The Kier molecular flexibility index (Phi) is 6.32. The molecule has 0 unspecified atom stereocenters. The largest absolute Gasteiger partial charge is 0.0751 e. The molecule has 0 heterocycles. The van der Waals surface area contributed by atoms with E-state index in [2.05, 4.69) is 53.5 Å². The maximum atomic E-state index is 2.84. The highest BCUT2D eigenvalue weighted by Crippen LogP contribution is 2.34. The Morgan fingerprint density at radius 1 is 0.733 bits per heavy atom. The number of hydrogen-bond acceptors (Lipinski definition) is 0. The molecule has 4 heteroatoms. The first-order valence-electron chi connectivity index (χ1n) is 6.82. The van der Waals surface area contributed by atoms with Crippen LogP contribution in [0.4, 0.5) is 0 Å². The summed E-state index contributed by atoms with van der Waals surface area (Å²) in [6.45, 7) is 20.3. The van der Waals surface area contributed by atoms with Crippen LogP contribution >= 0.6 is 0 Å². The zero-order chi connectivity index (χ0) is 12.3. The lowest BCUT2D eigenvalue weighted by Gasteiger charge is -2.50. The minimum absolute atomic E-state index is 0.374. The fourth-order valence-corrected chi connectivity index (χ4v) is 74.6. The van der Waals surface area contributed by atoms with Gasteiger partial charge in [0.05, 0.1) is 0 Å². The normalized spacial score (nSPS) is 14.0. The minimum Gasteiger partial charge on any atom is -0.0751 e. The Labute approximate surface area is 102 Å². The van der Waals surface area contributed by atoms with Crippen molar-refractivity contribution in [1.29, 1.82) is 0 Å². The molecule has 92 valence electrons. The van der Waals surface area contributed by atoms with Gasteiger partial charge in [0.25, 0.3) is 0 Å². The van der Waals surface area contributed by atoms with Gasteiger partial charge in [0.2, 0.25) is 0 Å². The van der Waals surface area contributed by atoms with Crippen molar-refractivity contribution in [3.05, 3.63) is 0 Å². The maximum absolute atomic E-state index is 2.84. The molecule has 0 atom stereocenters. The first kappa shape index (κ1) is 15.9. The van der Waals surface area contributed by atoms with E-state index in [4.69, 9.17) is 0 Å². The van der Waals surface area contributed by atoms with Gasteiger partial charge in [-0.2, -0.15) is 0 Å². The third-order valence-electron chi connectivity index (χ3n) is 5.57. The van der Waals surface area contributed by atoms with Crippen molar-refractivity contribution in [2.24, 2.45) is 0 Å². The highest BCUT2D eigenvalue weighted by atomic mass is 29.9. The molecule has 0 aliphatic carbocycles. The zero-order valence-electron chi connectivity index (χ0n) is 12.3. The molecule has 0 fully saturated rings. The molecule has 0 radical (unpaired) electrons. The van der Waals surface area contributed by atoms with Crippen molar-refractivity contribution in [3.8, 4) is 0 Å². The molecule has 0 aromatic rings. The van der Waals surface area contributed by atoms with E-state index in [1.54, 1.807) is 18.1 Å². The minimum atomic E-state index is -0.835. The van der Waals surface area contributed by atoms with Gasteiger partial charge in [-0.1, -0.05) is 71.6 Å². The molecule has 0 bridgehead atoms. The van der Waals surface area contributed by atoms with Crippen LogP contribution in [-0.4, -0.2) is 30.8 Å². The molecule has 0 amide bonds. The van der Waals surface area contributed by atoms with Gasteiger partial charge in [-0.05, 0) is 0 Å². The van der Waals surface area contributed by atoms with Crippen LogP contribution in [0.3, 0.4) is 0 Å². The Bertz CT molecular complexity index is 169. The molecule has 0 nitrogen and oxygen atoms in total. The van der Waals surface area contributed by atoms with Crippen LogP contribution in [0.5, 0.6) is 0 Å². The third-order valence-corrected chi connectivity index (χ3v) is 74.6. The van der Waals surface area contributed by atoms with E-state index in [0.29, 0.717) is 0 Å². The van der Waals surface area contributed by atoms with Crippen molar-refractivity contribution >= 4 is 30.8 Å². The second kappa shape index (κ2) is 5.98. The predicted molar refractivity (Wildman–Crippen MR) is 86.6 cm³/mol. The fraction of sp³-hybridized carbons (Fsp3) is 1.00. The summed E-state index contributed by atoms with van der Waals surface area (Å²) in [6, 6.07) is 4.75. The SMILES string of the molecule is CC[Si](CC)(CC)[Si](C)([SiH](C)C)[SiH](C)C. The van der Waals surface area contributed by atoms with Crippen LogP contribution in [0.25, 0.3) is 0 Å². The quantitative estimate of drug-likeness (QED) is 0.648. The first-order valence-corrected chi connectivity index (χ1v) is 21.2. The molecular weight excluding hydrogens is 244 g/mol. The van der Waals surface area contributed by atoms with Gasteiger partial charge in [0, 0.05) is 30.8 Å². The summed E-state index contributed by atoms with van der Waals surface area (Å²) >= 11 is 0. The Morgan fingerprint density at radius 2 is 1.00 bits per heavy atom. The van der Waals surface area contributed by atoms with Crippen molar-refractivity contribution in [2.45, 2.75) is 71.6 Å². The summed E-state index contributed by atoms with van der Waals surface area (Å²) in [4.78, 5) is 0. The average molecular weight is 277 g/mol. The molecule has 0 saturated heterocycles. The lowest BCUT2D eigenvalue weighted by atomic mass is 10.9. The van der Waals surface area contributed by atoms with Gasteiger partial charge < -0.3 is 0 Å². The van der Waals surface area contributed by atoms with Crippen LogP contribution in [0, 0.1) is 0 Å². The summed E-state index contributed by atoms with van der Waals surface area (Å²) in [7, 11) is -1.58. The monoisotopic (exact) mass is 276 g/mol. The molecule has 0 spiro atoms. The van der Waals surface area contributed by atoms with Gasteiger partial charge in [0.15, 0.2) is 0 Å². The molecule has 0 aliphatic rings. The van der Waals surface area contributed by atoms with E-state index in [1.807, 2.05) is 0 Å². The van der Waals surface area contributed by atoms with Crippen molar-refractivity contribution in [1.82, 2.24) is 0 Å². The second-order valence-corrected chi connectivity index (χ2v) is 43.8. The predicted octanol–water partition coefficient (Wildman–Crippen LogP) is 3.78. The summed E-state index contributed by atoms with van der Waals surface area (Å²) in [6.07, 6.45) is 0. The summed E-state index contributed by atoms with van der Waals surface area (Å²) in [5.74, 6) is 0. The van der Waals surface area contributed by atoms with Gasteiger partial charge in [-0.15, -0.1) is 0 Å². The Morgan fingerprint density at radius 3 is 1.07 bits per heavy atom. The number of rotatable bonds is 6. The molecular formula is C11H32Si4. The third kappa shape index (κ3) is 2.58. The van der Waals surface area contributed by atoms with E-state index >= 15 is 0 Å². The van der Waals surface area contributed by atoms with E-state index in [1.165, 1.54) is 0 Å². The highest BCUT2D eigenvalue weighted by Gasteiger charge is 2.51. The van der Waals surface area contributed by atoms with E-state index < -0.39 is 14.2 Å². The average Bonchev–Trinajstić information content (AvgIpc) is 2.20. The highest BCUT2D eigenvalue weighted by molar-refractivity contribution is 7.83. The van der Waals surface area contributed by atoms with Gasteiger partial charge >= 0.3 is 0 Å². The van der Waals surface area contributed by atoms with Crippen molar-refractivity contribution in [3.63, 3.8) is 0 Å². The van der Waals surface area contributed by atoms with Gasteiger partial charge in [-0.25, -0.2) is 0 Å². The Hall–Kier alpha value is 0.868. The topological polar surface area (TPSA) is 0 Å². The fourth-order valence-electron chi connectivity index (χ4n) is 3.78. The lowest BCUT2D eigenvalue weighted by molar-refractivity contribution is 1.21. The van der Waals surface area contributed by atoms with Crippen LogP contribution < -0.4 is 0 Å². The molecule has 0 rings (SSSR count). The Balaban J connectivity index is 5.37. The molecule has 15 heavy (non-hydrogen) atoms. The molecule has 0 aromatic carbocycles. The van der Waals surface area contributed by atoms with Gasteiger partial charge in [0.1, 0.15) is 0 Å². The summed E-state index contributed by atoms with van der Waals surface area (Å²) < 4.78 is 0. The van der Waals surface area contributed by atoms with Crippen LogP contribution in [0.1, 0.15) is 20.8 Å². The molecule has 0 aromatic heterocycles. The van der Waals surface area contributed by atoms with Crippen LogP contribution in [-0.2, 0) is 0 Å². The van der Waals surface area contributed by atoms with E-state index in [9.17, 15) is 0 Å². The zero-order valence-corrected chi connectivity index (χ0v) is 16.6. The van der Waals surface area contributed by atoms with Crippen LogP contribution in [0.15, 0.2) is 0 Å². The smallest absolute Gasteiger partial charge is 0.0411 e. The lowest BCUT2D eigenvalue weighted by Crippen LogP contribution is -2.74. The number of hydrogen-bond donors (Lipinski definition) is 0. The molecule has 0 N–H and O–H groups in total. The standard InChI is InChI=1S/C11H32Si4/c1-9-15(10-2,11-3)14(8,12(4)5)13(6)7/h12-13H,9-11H2,1-8H3. The summed E-state index contributed by atoms with van der Waals surface area (Å²) in [5, 5.41) is 0.